The van der Waals surface area contributed by atoms with Crippen molar-refractivity contribution in [2.24, 2.45) is 0 Å². The van der Waals surface area contributed by atoms with Gasteiger partial charge in [0.05, 0.1) is 11.0 Å². The van der Waals surface area contributed by atoms with Gasteiger partial charge in [0.25, 0.3) is 0 Å². The van der Waals surface area contributed by atoms with Gasteiger partial charge in [-0.25, -0.2) is 15.0 Å². The summed E-state index contributed by atoms with van der Waals surface area (Å²) in [7, 11) is 0. The Balaban J connectivity index is 1.23. The van der Waals surface area contributed by atoms with E-state index in [2.05, 4.69) is 102 Å². The Morgan fingerprint density at radius 1 is 0.404 bits per heavy atom. The standard InChI is InChI=1S/C47H28N4O/c1-3-14-30(15-4-1)45-48-46(31-16-5-2-6-17-31)50-47(49-45)39-28-38-35-19-10-12-22-42(35)52-44(38)37-27-32(24-25-34(37)39)51-40-21-11-9-20-36(40)43-33-18-8-7-13-29(33)23-26-41(43)51/h1-28H. The van der Waals surface area contributed by atoms with Crippen LogP contribution in [-0.2, 0) is 0 Å². The van der Waals surface area contributed by atoms with Gasteiger partial charge >= 0.3 is 0 Å². The van der Waals surface area contributed by atoms with Crippen LogP contribution in [0.5, 0.6) is 0 Å². The zero-order valence-electron chi connectivity index (χ0n) is 27.9. The SMILES string of the molecule is c1ccc(-c2nc(-c3ccccc3)nc(-c3cc4c5ccccc5oc4c4cc(-n5c6ccccc6c6c7ccccc7ccc65)ccc34)n2)cc1. The van der Waals surface area contributed by atoms with Crippen molar-refractivity contribution >= 4 is 65.3 Å². The lowest BCUT2D eigenvalue weighted by Crippen LogP contribution is -2.01. The van der Waals surface area contributed by atoms with Crippen molar-refractivity contribution in [3.8, 4) is 39.9 Å². The van der Waals surface area contributed by atoms with Gasteiger partial charge in [0.15, 0.2) is 17.5 Å². The van der Waals surface area contributed by atoms with Crippen molar-refractivity contribution in [1.29, 1.82) is 0 Å². The highest BCUT2D eigenvalue weighted by atomic mass is 16.3. The second-order valence-electron chi connectivity index (χ2n) is 13.2. The van der Waals surface area contributed by atoms with Gasteiger partial charge in [0, 0.05) is 49.3 Å². The monoisotopic (exact) mass is 664 g/mol. The number of rotatable bonds is 4. The van der Waals surface area contributed by atoms with Crippen LogP contribution in [0.4, 0.5) is 0 Å². The van der Waals surface area contributed by atoms with Crippen LogP contribution in [0, 0.1) is 0 Å². The lowest BCUT2D eigenvalue weighted by atomic mass is 9.98. The van der Waals surface area contributed by atoms with Crippen LogP contribution in [0.25, 0.3) is 105 Å². The van der Waals surface area contributed by atoms with Crippen LogP contribution in [0.2, 0.25) is 0 Å². The molecular weight excluding hydrogens is 637 g/mol. The highest BCUT2D eigenvalue weighted by Crippen LogP contribution is 2.42. The van der Waals surface area contributed by atoms with Gasteiger partial charge in [-0.15, -0.1) is 0 Å². The number of benzene rings is 8. The van der Waals surface area contributed by atoms with E-state index in [1.165, 1.54) is 21.5 Å². The molecule has 5 heteroatoms. The predicted octanol–water partition coefficient (Wildman–Crippen LogP) is 12.2. The summed E-state index contributed by atoms with van der Waals surface area (Å²) in [6, 6.07) is 59.1. The number of hydrogen-bond donors (Lipinski definition) is 0. The Kier molecular flexibility index (Phi) is 6.18. The molecule has 0 aliphatic carbocycles. The highest BCUT2D eigenvalue weighted by molar-refractivity contribution is 6.22. The third kappa shape index (κ3) is 4.33. The van der Waals surface area contributed by atoms with Crippen LogP contribution in [0.3, 0.4) is 0 Å². The summed E-state index contributed by atoms with van der Waals surface area (Å²) in [5, 5.41) is 9.03. The molecule has 5 nitrogen and oxygen atoms in total. The Bertz CT molecular complexity index is 3120. The minimum absolute atomic E-state index is 0.612. The van der Waals surface area contributed by atoms with Gasteiger partial charge in [-0.2, -0.15) is 0 Å². The molecule has 0 amide bonds. The lowest BCUT2D eigenvalue weighted by molar-refractivity contribution is 0.672. The zero-order chi connectivity index (χ0) is 34.2. The molecule has 0 saturated heterocycles. The topological polar surface area (TPSA) is 56.7 Å². The average Bonchev–Trinajstić information content (AvgIpc) is 3.77. The molecule has 0 saturated carbocycles. The maximum Gasteiger partial charge on any atom is 0.164 e. The fraction of sp³-hybridized carbons (Fsp3) is 0. The smallest absolute Gasteiger partial charge is 0.164 e. The quantitative estimate of drug-likeness (QED) is 0.188. The Morgan fingerprint density at radius 2 is 1.02 bits per heavy atom. The van der Waals surface area contributed by atoms with Crippen molar-refractivity contribution < 1.29 is 4.42 Å². The van der Waals surface area contributed by atoms with Gasteiger partial charge in [0.2, 0.25) is 0 Å². The lowest BCUT2D eigenvalue weighted by Gasteiger charge is -2.13. The van der Waals surface area contributed by atoms with Crippen LogP contribution >= 0.6 is 0 Å². The van der Waals surface area contributed by atoms with Crippen molar-refractivity contribution in [2.45, 2.75) is 0 Å². The minimum atomic E-state index is 0.612. The Labute approximate surface area is 298 Å². The largest absolute Gasteiger partial charge is 0.455 e. The molecule has 0 radical (unpaired) electrons. The number of para-hydroxylation sites is 2. The molecule has 11 aromatic rings. The molecule has 242 valence electrons. The van der Waals surface area contributed by atoms with Gasteiger partial charge in [-0.05, 0) is 52.6 Å². The van der Waals surface area contributed by atoms with Crippen molar-refractivity contribution in [1.82, 2.24) is 19.5 Å². The highest BCUT2D eigenvalue weighted by Gasteiger charge is 2.21. The summed E-state index contributed by atoms with van der Waals surface area (Å²) < 4.78 is 9.06. The predicted molar refractivity (Wildman–Crippen MR) is 213 cm³/mol. The second kappa shape index (κ2) is 11.2. The fourth-order valence-corrected chi connectivity index (χ4v) is 7.86. The first-order valence-corrected chi connectivity index (χ1v) is 17.5. The van der Waals surface area contributed by atoms with E-state index in [1.807, 2.05) is 72.8 Å². The Morgan fingerprint density at radius 3 is 1.79 bits per heavy atom. The molecule has 0 bridgehead atoms. The van der Waals surface area contributed by atoms with Crippen molar-refractivity contribution in [2.75, 3.05) is 0 Å². The summed E-state index contributed by atoms with van der Waals surface area (Å²) in [6.45, 7) is 0. The summed E-state index contributed by atoms with van der Waals surface area (Å²) in [4.78, 5) is 15.3. The van der Waals surface area contributed by atoms with Crippen molar-refractivity contribution in [3.63, 3.8) is 0 Å². The minimum Gasteiger partial charge on any atom is -0.455 e. The molecule has 3 aromatic heterocycles. The summed E-state index contributed by atoms with van der Waals surface area (Å²) in [5.74, 6) is 1.87. The van der Waals surface area contributed by atoms with Gasteiger partial charge in [-0.3, -0.25) is 0 Å². The molecule has 11 rings (SSSR count). The van der Waals surface area contributed by atoms with Crippen LogP contribution in [0.15, 0.2) is 174 Å². The molecule has 0 aliphatic rings. The number of nitrogens with zero attached hydrogens (tertiary/aromatic N) is 4. The van der Waals surface area contributed by atoms with E-state index in [1.54, 1.807) is 0 Å². The summed E-state index contributed by atoms with van der Waals surface area (Å²) >= 11 is 0. The third-order valence-corrected chi connectivity index (χ3v) is 10.2. The molecule has 3 heterocycles. The first-order chi connectivity index (χ1) is 25.8. The third-order valence-electron chi connectivity index (χ3n) is 10.2. The van der Waals surface area contributed by atoms with Crippen LogP contribution < -0.4 is 0 Å². The van der Waals surface area contributed by atoms with E-state index >= 15 is 0 Å². The molecule has 0 spiro atoms. The maximum absolute atomic E-state index is 6.69. The number of fused-ring (bicyclic) bond motifs is 10. The van der Waals surface area contributed by atoms with E-state index in [4.69, 9.17) is 19.4 Å². The summed E-state index contributed by atoms with van der Waals surface area (Å²) in [6.07, 6.45) is 0. The molecule has 0 fully saturated rings. The normalized spacial score (nSPS) is 11.8. The van der Waals surface area contributed by atoms with E-state index in [-0.39, 0.29) is 0 Å². The molecule has 0 atom stereocenters. The van der Waals surface area contributed by atoms with Crippen LogP contribution in [-0.4, -0.2) is 19.5 Å². The Hall–Kier alpha value is -7.11. The van der Waals surface area contributed by atoms with Crippen molar-refractivity contribution in [3.05, 3.63) is 170 Å². The van der Waals surface area contributed by atoms with E-state index in [0.717, 1.165) is 66.1 Å². The van der Waals surface area contributed by atoms with E-state index in [0.29, 0.717) is 17.5 Å². The average molecular weight is 665 g/mol. The van der Waals surface area contributed by atoms with Crippen LogP contribution in [0.1, 0.15) is 0 Å². The number of hydrogen-bond acceptors (Lipinski definition) is 4. The first-order valence-electron chi connectivity index (χ1n) is 17.5. The first kappa shape index (κ1) is 28.7. The van der Waals surface area contributed by atoms with E-state index in [9.17, 15) is 0 Å². The molecule has 0 unspecified atom stereocenters. The van der Waals surface area contributed by atoms with E-state index < -0.39 is 0 Å². The molecule has 0 aliphatic heterocycles. The zero-order valence-corrected chi connectivity index (χ0v) is 27.9. The molecule has 52 heavy (non-hydrogen) atoms. The van der Waals surface area contributed by atoms with Gasteiger partial charge in [0.1, 0.15) is 11.2 Å². The molecule has 0 N–H and O–H groups in total. The number of furan rings is 1. The second-order valence-corrected chi connectivity index (χ2v) is 13.2. The molecule has 8 aromatic carbocycles. The van der Waals surface area contributed by atoms with Gasteiger partial charge < -0.3 is 8.98 Å². The maximum atomic E-state index is 6.69. The fourth-order valence-electron chi connectivity index (χ4n) is 7.86. The number of aromatic nitrogens is 4. The molecular formula is C47H28N4O. The summed E-state index contributed by atoms with van der Waals surface area (Å²) in [5.41, 5.74) is 7.84. The van der Waals surface area contributed by atoms with Gasteiger partial charge in [-0.1, -0.05) is 133 Å².